The van der Waals surface area contributed by atoms with E-state index in [1.165, 1.54) is 12.1 Å². The molecule has 2 nitrogen and oxygen atoms in total. The highest BCUT2D eigenvalue weighted by Crippen LogP contribution is 2.29. The summed E-state index contributed by atoms with van der Waals surface area (Å²) in [6, 6.07) is 5.18. The Morgan fingerprint density at radius 2 is 1.69 bits per heavy atom. The Labute approximate surface area is 92.1 Å². The first-order valence-corrected chi connectivity index (χ1v) is 5.05. The SMILES string of the molecule is [OH2+]CCNCCc1ccc(C(F)(F)F)cc1. The maximum Gasteiger partial charge on any atom is 0.416 e. The van der Waals surface area contributed by atoms with E-state index in [0.717, 1.165) is 17.7 Å². The summed E-state index contributed by atoms with van der Waals surface area (Å²) in [6.45, 7) is 1.61. The summed E-state index contributed by atoms with van der Waals surface area (Å²) in [7, 11) is 0. The Hall–Kier alpha value is -1.07. The van der Waals surface area contributed by atoms with E-state index >= 15 is 0 Å². The van der Waals surface area contributed by atoms with Gasteiger partial charge in [-0.25, -0.2) is 0 Å². The van der Waals surface area contributed by atoms with E-state index in [1.54, 1.807) is 0 Å². The van der Waals surface area contributed by atoms with E-state index in [-0.39, 0.29) is 0 Å². The van der Waals surface area contributed by atoms with Crippen LogP contribution in [-0.4, -0.2) is 24.8 Å². The average Bonchev–Trinajstić information content (AvgIpc) is 2.24. The zero-order valence-electron chi connectivity index (χ0n) is 8.77. The molecular formula is C11H15F3NO+. The van der Waals surface area contributed by atoms with Crippen LogP contribution in [0.4, 0.5) is 13.2 Å². The van der Waals surface area contributed by atoms with Crippen LogP contribution in [0.5, 0.6) is 0 Å². The molecule has 0 aliphatic rings. The molecule has 0 aliphatic carbocycles. The Bertz CT molecular complexity index is 308. The van der Waals surface area contributed by atoms with Crippen molar-refractivity contribution in [3.63, 3.8) is 0 Å². The number of halogens is 3. The maximum absolute atomic E-state index is 12.2. The Morgan fingerprint density at radius 1 is 1.06 bits per heavy atom. The van der Waals surface area contributed by atoms with Gasteiger partial charge in [-0.05, 0) is 30.7 Å². The lowest BCUT2D eigenvalue weighted by Crippen LogP contribution is -2.20. The lowest BCUT2D eigenvalue weighted by molar-refractivity contribution is -0.137. The first kappa shape index (κ1) is 13.0. The van der Waals surface area contributed by atoms with Crippen molar-refractivity contribution >= 4 is 0 Å². The van der Waals surface area contributed by atoms with E-state index in [1.807, 2.05) is 0 Å². The van der Waals surface area contributed by atoms with E-state index < -0.39 is 11.7 Å². The number of alkyl halides is 3. The molecule has 0 saturated heterocycles. The van der Waals surface area contributed by atoms with Gasteiger partial charge in [0.2, 0.25) is 0 Å². The van der Waals surface area contributed by atoms with Crippen LogP contribution in [0.2, 0.25) is 0 Å². The molecule has 0 spiro atoms. The molecule has 0 heterocycles. The molecule has 0 unspecified atom stereocenters. The van der Waals surface area contributed by atoms with Gasteiger partial charge >= 0.3 is 6.18 Å². The lowest BCUT2D eigenvalue weighted by Gasteiger charge is -2.07. The molecule has 5 heteroatoms. The molecule has 0 amide bonds. The zero-order valence-corrected chi connectivity index (χ0v) is 8.77. The summed E-state index contributed by atoms with van der Waals surface area (Å²) >= 11 is 0. The highest BCUT2D eigenvalue weighted by Gasteiger charge is 2.29. The summed E-state index contributed by atoms with van der Waals surface area (Å²) in [5.41, 5.74) is 0.251. The lowest BCUT2D eigenvalue weighted by atomic mass is 10.1. The second-order valence-electron chi connectivity index (χ2n) is 3.44. The third-order valence-electron chi connectivity index (χ3n) is 2.17. The van der Waals surface area contributed by atoms with Crippen LogP contribution in [0.15, 0.2) is 24.3 Å². The van der Waals surface area contributed by atoms with Gasteiger partial charge in [-0.1, -0.05) is 12.1 Å². The standard InChI is InChI=1S/C11H14F3NO/c12-11(13,14)10-3-1-9(2-4-10)5-6-15-7-8-16/h1-4,15-16H,5-8H2/p+1. The summed E-state index contributed by atoms with van der Waals surface area (Å²) in [4.78, 5) is 0. The topological polar surface area (TPSA) is 34.9 Å². The van der Waals surface area contributed by atoms with Crippen LogP contribution in [0.25, 0.3) is 0 Å². The van der Waals surface area contributed by atoms with Crippen molar-refractivity contribution < 1.29 is 18.3 Å². The first-order chi connectivity index (χ1) is 7.54. The minimum atomic E-state index is -4.26. The smallest absolute Gasteiger partial charge is 0.416 e. The van der Waals surface area contributed by atoms with Crippen molar-refractivity contribution in [2.75, 3.05) is 19.7 Å². The van der Waals surface area contributed by atoms with Gasteiger partial charge in [0.1, 0.15) is 0 Å². The first-order valence-electron chi connectivity index (χ1n) is 5.05. The number of hydrogen-bond donors (Lipinski definition) is 1. The van der Waals surface area contributed by atoms with Gasteiger partial charge in [0, 0.05) is 0 Å². The number of benzene rings is 1. The van der Waals surface area contributed by atoms with Crippen LogP contribution in [-0.2, 0) is 12.6 Å². The fourth-order valence-electron chi connectivity index (χ4n) is 1.31. The fourth-order valence-corrected chi connectivity index (χ4v) is 1.31. The normalized spacial score (nSPS) is 11.8. The molecule has 0 fully saturated rings. The molecule has 0 atom stereocenters. The van der Waals surface area contributed by atoms with E-state index in [9.17, 15) is 13.2 Å². The van der Waals surface area contributed by atoms with Gasteiger partial charge in [0.15, 0.2) is 6.61 Å². The third kappa shape index (κ3) is 4.20. The van der Waals surface area contributed by atoms with E-state index in [2.05, 4.69) is 5.32 Å². The molecule has 16 heavy (non-hydrogen) atoms. The molecule has 1 rings (SSSR count). The Balaban J connectivity index is 2.46. The largest absolute Gasteiger partial charge is 0.444 e. The predicted molar refractivity (Wildman–Crippen MR) is 56.5 cm³/mol. The quantitative estimate of drug-likeness (QED) is 0.609. The molecule has 0 aliphatic heterocycles. The third-order valence-corrected chi connectivity index (χ3v) is 2.17. The average molecular weight is 234 g/mol. The van der Waals surface area contributed by atoms with Crippen molar-refractivity contribution in [3.05, 3.63) is 35.4 Å². The van der Waals surface area contributed by atoms with Crippen LogP contribution in [0.3, 0.4) is 0 Å². The van der Waals surface area contributed by atoms with Gasteiger partial charge in [-0.2, -0.15) is 13.2 Å². The molecule has 0 radical (unpaired) electrons. The van der Waals surface area contributed by atoms with Gasteiger partial charge in [-0.15, -0.1) is 0 Å². The molecular weight excluding hydrogens is 219 g/mol. The van der Waals surface area contributed by atoms with Gasteiger partial charge < -0.3 is 10.4 Å². The fraction of sp³-hybridized carbons (Fsp3) is 0.455. The monoisotopic (exact) mass is 234 g/mol. The maximum atomic E-state index is 12.2. The number of hydrogen-bond acceptors (Lipinski definition) is 1. The predicted octanol–water partition coefficient (Wildman–Crippen LogP) is 1.56. The van der Waals surface area contributed by atoms with Crippen LogP contribution in [0, 0.1) is 0 Å². The highest BCUT2D eigenvalue weighted by molar-refractivity contribution is 5.24. The van der Waals surface area contributed by atoms with Crippen LogP contribution >= 0.6 is 0 Å². The van der Waals surface area contributed by atoms with Gasteiger partial charge in [0.05, 0.1) is 12.1 Å². The zero-order chi connectivity index (χ0) is 12.0. The van der Waals surface area contributed by atoms with Crippen molar-refractivity contribution in [2.45, 2.75) is 12.6 Å². The molecule has 1 aromatic rings. The van der Waals surface area contributed by atoms with Gasteiger partial charge in [-0.3, -0.25) is 0 Å². The number of nitrogens with one attached hydrogen (secondary N) is 1. The molecule has 90 valence electrons. The van der Waals surface area contributed by atoms with E-state index in [0.29, 0.717) is 26.1 Å². The molecule has 0 aromatic heterocycles. The van der Waals surface area contributed by atoms with Crippen molar-refractivity contribution in [1.82, 2.24) is 5.32 Å². The summed E-state index contributed by atoms with van der Waals surface area (Å²) < 4.78 is 36.7. The Morgan fingerprint density at radius 3 is 2.19 bits per heavy atom. The minimum absolute atomic E-state index is 0.313. The summed E-state index contributed by atoms with van der Waals surface area (Å²) in [6.07, 6.45) is -3.58. The second-order valence-corrected chi connectivity index (χ2v) is 3.44. The summed E-state index contributed by atoms with van der Waals surface area (Å²) in [5.74, 6) is 0. The molecule has 0 bridgehead atoms. The van der Waals surface area contributed by atoms with Crippen molar-refractivity contribution in [2.24, 2.45) is 0 Å². The number of rotatable bonds is 5. The molecule has 1 aromatic carbocycles. The van der Waals surface area contributed by atoms with Crippen LogP contribution in [0.1, 0.15) is 11.1 Å². The van der Waals surface area contributed by atoms with Gasteiger partial charge in [0.25, 0.3) is 0 Å². The highest BCUT2D eigenvalue weighted by atomic mass is 19.4. The van der Waals surface area contributed by atoms with Crippen LogP contribution < -0.4 is 5.32 Å². The van der Waals surface area contributed by atoms with E-state index in [4.69, 9.17) is 5.11 Å². The van der Waals surface area contributed by atoms with Crippen molar-refractivity contribution in [3.8, 4) is 0 Å². The Kier molecular flexibility index (Phi) is 4.76. The minimum Gasteiger partial charge on any atom is -0.444 e. The summed E-state index contributed by atoms with van der Waals surface area (Å²) in [5, 5.41) is 9.91. The van der Waals surface area contributed by atoms with Crippen molar-refractivity contribution in [1.29, 1.82) is 0 Å². The molecule has 3 N–H and O–H groups in total. The molecule has 0 saturated carbocycles. The second kappa shape index (κ2) is 5.86.